The van der Waals surface area contributed by atoms with Crippen LogP contribution in [0.2, 0.25) is 0 Å². The summed E-state index contributed by atoms with van der Waals surface area (Å²) in [6.45, 7) is 1.83. The molecule has 23 heavy (non-hydrogen) atoms. The first kappa shape index (κ1) is 15.5. The molecule has 1 aromatic rings. The molecule has 1 saturated heterocycles. The van der Waals surface area contributed by atoms with Crippen LogP contribution in [0.4, 0.5) is 0 Å². The van der Waals surface area contributed by atoms with Gasteiger partial charge in [0.2, 0.25) is 11.8 Å². The van der Waals surface area contributed by atoms with E-state index in [0.717, 1.165) is 16.0 Å². The Morgan fingerprint density at radius 1 is 1.09 bits per heavy atom. The molecule has 5 heteroatoms. The minimum Gasteiger partial charge on any atom is -0.459 e. The third kappa shape index (κ3) is 3.18. The minimum atomic E-state index is -0.557. The van der Waals surface area contributed by atoms with Gasteiger partial charge in [0.05, 0.1) is 11.8 Å². The van der Waals surface area contributed by atoms with E-state index in [0.29, 0.717) is 12.8 Å². The van der Waals surface area contributed by atoms with E-state index in [1.54, 1.807) is 0 Å². The molecule has 2 amide bonds. The SMILES string of the molecule is Cc1ccc(COC(=O)CN2C(=O)C3CC=CCC3C2=O)cc1. The quantitative estimate of drug-likeness (QED) is 0.484. The highest BCUT2D eigenvalue weighted by Gasteiger charge is 2.47. The Hall–Kier alpha value is -2.43. The van der Waals surface area contributed by atoms with Crippen molar-refractivity contribution >= 4 is 17.8 Å². The molecule has 1 heterocycles. The third-order valence-corrected chi connectivity index (χ3v) is 4.41. The standard InChI is InChI=1S/C18H19NO4/c1-12-6-8-13(9-7-12)11-23-16(20)10-19-17(21)14-4-2-3-5-15(14)18(19)22/h2-3,6-9,14-15H,4-5,10-11H2,1H3. The number of fused-ring (bicyclic) bond motifs is 1. The third-order valence-electron chi connectivity index (χ3n) is 4.41. The minimum absolute atomic E-state index is 0.143. The highest BCUT2D eigenvalue weighted by Crippen LogP contribution is 2.34. The molecule has 0 radical (unpaired) electrons. The molecule has 0 N–H and O–H groups in total. The molecule has 2 aliphatic rings. The number of hydrogen-bond donors (Lipinski definition) is 0. The van der Waals surface area contributed by atoms with Crippen LogP contribution >= 0.6 is 0 Å². The normalized spacial score (nSPS) is 23.1. The van der Waals surface area contributed by atoms with E-state index in [4.69, 9.17) is 4.74 Å². The lowest BCUT2D eigenvalue weighted by atomic mass is 9.85. The van der Waals surface area contributed by atoms with E-state index in [2.05, 4.69) is 0 Å². The summed E-state index contributed by atoms with van der Waals surface area (Å²) >= 11 is 0. The molecule has 120 valence electrons. The van der Waals surface area contributed by atoms with Gasteiger partial charge in [-0.1, -0.05) is 42.0 Å². The fraction of sp³-hybridized carbons (Fsp3) is 0.389. The van der Waals surface area contributed by atoms with Crippen molar-refractivity contribution in [1.29, 1.82) is 0 Å². The van der Waals surface area contributed by atoms with Crippen LogP contribution in [0.5, 0.6) is 0 Å². The number of ether oxygens (including phenoxy) is 1. The number of likely N-dealkylation sites (tertiary alicyclic amines) is 1. The molecule has 1 aliphatic carbocycles. The van der Waals surface area contributed by atoms with Crippen LogP contribution in [0, 0.1) is 18.8 Å². The van der Waals surface area contributed by atoms with Crippen molar-refractivity contribution < 1.29 is 19.1 Å². The number of allylic oxidation sites excluding steroid dienone is 2. The Labute approximate surface area is 134 Å². The average Bonchev–Trinajstić information content (AvgIpc) is 2.80. The number of amides is 2. The van der Waals surface area contributed by atoms with E-state index in [1.807, 2.05) is 43.3 Å². The summed E-state index contributed by atoms with van der Waals surface area (Å²) in [5, 5.41) is 0. The Kier molecular flexibility index (Phi) is 4.28. The molecular weight excluding hydrogens is 294 g/mol. The van der Waals surface area contributed by atoms with Crippen molar-refractivity contribution in [2.45, 2.75) is 26.4 Å². The lowest BCUT2D eigenvalue weighted by molar-refractivity contribution is -0.153. The smallest absolute Gasteiger partial charge is 0.326 e. The Bertz CT molecular complexity index is 636. The number of aryl methyl sites for hydroxylation is 1. The lowest BCUT2D eigenvalue weighted by Gasteiger charge is -2.14. The molecule has 1 fully saturated rings. The van der Waals surface area contributed by atoms with Gasteiger partial charge in [0.15, 0.2) is 0 Å². The van der Waals surface area contributed by atoms with E-state index in [9.17, 15) is 14.4 Å². The molecule has 2 atom stereocenters. The molecular formula is C18H19NO4. The van der Waals surface area contributed by atoms with Crippen molar-refractivity contribution in [1.82, 2.24) is 4.90 Å². The maximum absolute atomic E-state index is 12.3. The van der Waals surface area contributed by atoms with Crippen molar-refractivity contribution in [2.75, 3.05) is 6.54 Å². The largest absolute Gasteiger partial charge is 0.459 e. The van der Waals surface area contributed by atoms with Gasteiger partial charge in [-0.3, -0.25) is 19.3 Å². The summed E-state index contributed by atoms with van der Waals surface area (Å²) in [5.74, 6) is -1.68. The van der Waals surface area contributed by atoms with Crippen molar-refractivity contribution in [3.63, 3.8) is 0 Å². The van der Waals surface area contributed by atoms with Crippen LogP contribution in [-0.4, -0.2) is 29.2 Å². The molecule has 0 aromatic heterocycles. The Morgan fingerprint density at radius 2 is 1.65 bits per heavy atom. The number of imide groups is 1. The van der Waals surface area contributed by atoms with Crippen LogP contribution in [0.3, 0.4) is 0 Å². The topological polar surface area (TPSA) is 63.7 Å². The molecule has 1 aromatic carbocycles. The molecule has 5 nitrogen and oxygen atoms in total. The summed E-state index contributed by atoms with van der Waals surface area (Å²) < 4.78 is 5.18. The number of carbonyl (C=O) groups is 3. The van der Waals surface area contributed by atoms with E-state index >= 15 is 0 Å². The first-order valence-electron chi connectivity index (χ1n) is 7.77. The highest BCUT2D eigenvalue weighted by molar-refractivity contribution is 6.07. The number of nitrogens with zero attached hydrogens (tertiary/aromatic N) is 1. The van der Waals surface area contributed by atoms with E-state index in [1.165, 1.54) is 0 Å². The van der Waals surface area contributed by atoms with Gasteiger partial charge >= 0.3 is 5.97 Å². The van der Waals surface area contributed by atoms with Gasteiger partial charge < -0.3 is 4.74 Å². The molecule has 0 saturated carbocycles. The molecule has 3 rings (SSSR count). The zero-order valence-corrected chi connectivity index (χ0v) is 13.0. The van der Waals surface area contributed by atoms with Gasteiger partial charge in [0.1, 0.15) is 13.2 Å². The van der Waals surface area contributed by atoms with Crippen LogP contribution in [-0.2, 0) is 25.7 Å². The summed E-state index contributed by atoms with van der Waals surface area (Å²) in [6.07, 6.45) is 4.99. The summed E-state index contributed by atoms with van der Waals surface area (Å²) in [5.41, 5.74) is 2.01. The monoisotopic (exact) mass is 313 g/mol. The van der Waals surface area contributed by atoms with E-state index < -0.39 is 5.97 Å². The Balaban J connectivity index is 1.56. The Morgan fingerprint density at radius 3 is 2.22 bits per heavy atom. The maximum Gasteiger partial charge on any atom is 0.326 e. The number of hydrogen-bond acceptors (Lipinski definition) is 4. The summed E-state index contributed by atoms with van der Waals surface area (Å²) in [7, 11) is 0. The molecule has 0 spiro atoms. The number of carbonyl (C=O) groups excluding carboxylic acids is 3. The van der Waals surface area contributed by atoms with Crippen LogP contribution in [0.25, 0.3) is 0 Å². The highest BCUT2D eigenvalue weighted by atomic mass is 16.5. The fourth-order valence-electron chi connectivity index (χ4n) is 3.05. The van der Waals surface area contributed by atoms with Gasteiger partial charge in [0.25, 0.3) is 0 Å². The molecule has 2 unspecified atom stereocenters. The second-order valence-corrected chi connectivity index (χ2v) is 6.06. The first-order valence-corrected chi connectivity index (χ1v) is 7.77. The molecule has 1 aliphatic heterocycles. The zero-order chi connectivity index (χ0) is 16.4. The lowest BCUT2D eigenvalue weighted by Crippen LogP contribution is -2.36. The first-order chi connectivity index (χ1) is 11.1. The summed E-state index contributed by atoms with van der Waals surface area (Å²) in [6, 6.07) is 7.65. The fourth-order valence-corrected chi connectivity index (χ4v) is 3.05. The van der Waals surface area contributed by atoms with Crippen LogP contribution in [0.1, 0.15) is 24.0 Å². The summed E-state index contributed by atoms with van der Waals surface area (Å²) in [4.78, 5) is 37.5. The van der Waals surface area contributed by atoms with Gasteiger partial charge in [-0.05, 0) is 25.3 Å². The predicted octanol–water partition coefficient (Wildman–Crippen LogP) is 1.99. The average molecular weight is 313 g/mol. The van der Waals surface area contributed by atoms with Crippen molar-refractivity contribution in [3.05, 3.63) is 47.5 Å². The van der Waals surface area contributed by atoms with Crippen molar-refractivity contribution in [3.8, 4) is 0 Å². The molecule has 0 bridgehead atoms. The van der Waals surface area contributed by atoms with Gasteiger partial charge in [0, 0.05) is 0 Å². The van der Waals surface area contributed by atoms with Gasteiger partial charge in [-0.15, -0.1) is 0 Å². The predicted molar refractivity (Wildman–Crippen MR) is 83.0 cm³/mol. The zero-order valence-electron chi connectivity index (χ0n) is 13.0. The number of rotatable bonds is 4. The van der Waals surface area contributed by atoms with Crippen LogP contribution in [0.15, 0.2) is 36.4 Å². The maximum atomic E-state index is 12.3. The van der Waals surface area contributed by atoms with Crippen LogP contribution < -0.4 is 0 Å². The second kappa shape index (κ2) is 6.36. The number of esters is 1. The van der Waals surface area contributed by atoms with Gasteiger partial charge in [-0.25, -0.2) is 0 Å². The van der Waals surface area contributed by atoms with Crippen molar-refractivity contribution in [2.24, 2.45) is 11.8 Å². The van der Waals surface area contributed by atoms with E-state index in [-0.39, 0.29) is 36.8 Å². The second-order valence-electron chi connectivity index (χ2n) is 6.06. The number of benzene rings is 1. The van der Waals surface area contributed by atoms with Gasteiger partial charge in [-0.2, -0.15) is 0 Å².